The van der Waals surface area contributed by atoms with Crippen molar-refractivity contribution in [1.82, 2.24) is 19.7 Å². The Labute approximate surface area is 173 Å². The summed E-state index contributed by atoms with van der Waals surface area (Å²) in [5, 5.41) is 10.7. The van der Waals surface area contributed by atoms with Crippen LogP contribution >= 0.6 is 0 Å². The summed E-state index contributed by atoms with van der Waals surface area (Å²) in [6, 6.07) is 15.6. The minimum Gasteiger partial charge on any atom is -0.497 e. The van der Waals surface area contributed by atoms with Crippen LogP contribution in [0.3, 0.4) is 0 Å². The van der Waals surface area contributed by atoms with Crippen LogP contribution in [0.1, 0.15) is 11.4 Å². The van der Waals surface area contributed by atoms with Crippen LogP contribution < -0.4 is 14.8 Å². The summed E-state index contributed by atoms with van der Waals surface area (Å²) < 4.78 is 12.3. The lowest BCUT2D eigenvalue weighted by molar-refractivity contribution is -0.116. The molecule has 4 rings (SSSR count). The van der Waals surface area contributed by atoms with Crippen molar-refractivity contribution in [3.05, 3.63) is 66.1 Å². The molecule has 8 heteroatoms. The number of benzene rings is 2. The van der Waals surface area contributed by atoms with E-state index in [1.165, 1.54) is 5.56 Å². The summed E-state index contributed by atoms with van der Waals surface area (Å²) >= 11 is 0. The summed E-state index contributed by atoms with van der Waals surface area (Å²) in [5.41, 5.74) is 2.13. The van der Waals surface area contributed by atoms with Gasteiger partial charge in [0.25, 0.3) is 0 Å². The number of hydrogen-bond donors (Lipinski definition) is 2. The van der Waals surface area contributed by atoms with Crippen molar-refractivity contribution in [3.63, 3.8) is 0 Å². The van der Waals surface area contributed by atoms with E-state index in [-0.39, 0.29) is 18.4 Å². The first-order valence-corrected chi connectivity index (χ1v) is 9.61. The van der Waals surface area contributed by atoms with Gasteiger partial charge in [-0.15, -0.1) is 5.10 Å². The van der Waals surface area contributed by atoms with Crippen LogP contribution in [-0.2, 0) is 24.2 Å². The van der Waals surface area contributed by atoms with Crippen LogP contribution in [0.4, 0.5) is 5.95 Å². The number of aromatic amines is 1. The summed E-state index contributed by atoms with van der Waals surface area (Å²) in [7, 11) is 3.28. The van der Waals surface area contributed by atoms with Crippen LogP contribution in [0.15, 0.2) is 54.7 Å². The first kappa shape index (κ1) is 19.5. The number of nitrogens with zero attached hydrogens (tertiary/aromatic N) is 3. The number of carbonyl (C=O) groups excluding carboxylic acids is 1. The van der Waals surface area contributed by atoms with E-state index in [1.807, 2.05) is 59.3 Å². The summed E-state index contributed by atoms with van der Waals surface area (Å²) in [5.74, 6) is 2.43. The Morgan fingerprint density at radius 3 is 2.57 bits per heavy atom. The largest absolute Gasteiger partial charge is 0.497 e. The number of hydrogen-bond acceptors (Lipinski definition) is 5. The van der Waals surface area contributed by atoms with Gasteiger partial charge in [-0.05, 0) is 48.4 Å². The lowest BCUT2D eigenvalue weighted by Gasteiger charge is -2.06. The van der Waals surface area contributed by atoms with Gasteiger partial charge in [-0.1, -0.05) is 12.1 Å². The fourth-order valence-electron chi connectivity index (χ4n) is 3.28. The first-order chi connectivity index (χ1) is 14.6. The van der Waals surface area contributed by atoms with Crippen molar-refractivity contribution in [2.75, 3.05) is 19.5 Å². The third kappa shape index (κ3) is 4.43. The summed E-state index contributed by atoms with van der Waals surface area (Å²) in [4.78, 5) is 16.8. The molecule has 0 saturated heterocycles. The molecule has 1 amide bonds. The maximum absolute atomic E-state index is 12.4. The Morgan fingerprint density at radius 2 is 1.80 bits per heavy atom. The standard InChI is InChI=1S/C22H23N5O3/c1-29-17-6-3-15(4-7-17)5-10-20-23-22(26-25-20)24-21(28)14-27-12-11-16-13-18(30-2)8-9-19(16)27/h3-4,6-9,11-13H,5,10,14H2,1-2H3,(H2,23,24,25,26,28). The van der Waals surface area contributed by atoms with E-state index < -0.39 is 0 Å². The van der Waals surface area contributed by atoms with Crippen molar-refractivity contribution in [3.8, 4) is 11.5 Å². The van der Waals surface area contributed by atoms with Gasteiger partial charge in [0.15, 0.2) is 0 Å². The van der Waals surface area contributed by atoms with Crippen LogP contribution in [0.5, 0.6) is 11.5 Å². The molecular formula is C22H23N5O3. The molecule has 0 aliphatic heterocycles. The van der Waals surface area contributed by atoms with Crippen molar-refractivity contribution in [2.24, 2.45) is 0 Å². The maximum Gasteiger partial charge on any atom is 0.248 e. The van der Waals surface area contributed by atoms with E-state index in [2.05, 4.69) is 20.5 Å². The monoisotopic (exact) mass is 405 g/mol. The highest BCUT2D eigenvalue weighted by Crippen LogP contribution is 2.21. The number of aryl methyl sites for hydroxylation is 2. The zero-order chi connectivity index (χ0) is 20.9. The van der Waals surface area contributed by atoms with E-state index in [0.717, 1.165) is 34.6 Å². The number of H-pyrrole nitrogens is 1. The SMILES string of the molecule is COc1ccc(CCc2nc(NC(=O)Cn3ccc4cc(OC)ccc43)n[nH]2)cc1. The molecule has 4 aromatic rings. The Hall–Kier alpha value is -3.81. The van der Waals surface area contributed by atoms with Crippen LogP contribution in [0, 0.1) is 0 Å². The normalized spacial score (nSPS) is 10.9. The second kappa shape index (κ2) is 8.69. The molecular weight excluding hydrogens is 382 g/mol. The quantitative estimate of drug-likeness (QED) is 0.469. The minimum atomic E-state index is -0.191. The average molecular weight is 405 g/mol. The molecule has 8 nitrogen and oxygen atoms in total. The number of anilines is 1. The van der Waals surface area contributed by atoms with E-state index >= 15 is 0 Å². The second-order valence-corrected chi connectivity index (χ2v) is 6.87. The average Bonchev–Trinajstić information content (AvgIpc) is 3.39. The third-order valence-corrected chi connectivity index (χ3v) is 4.88. The number of methoxy groups -OCH3 is 2. The fourth-order valence-corrected chi connectivity index (χ4v) is 3.28. The molecule has 0 bridgehead atoms. The molecule has 0 radical (unpaired) electrons. The van der Waals surface area contributed by atoms with Gasteiger partial charge in [0.2, 0.25) is 11.9 Å². The highest BCUT2D eigenvalue weighted by Gasteiger charge is 2.11. The van der Waals surface area contributed by atoms with Crippen LogP contribution in [0.25, 0.3) is 10.9 Å². The molecule has 0 aliphatic rings. The summed E-state index contributed by atoms with van der Waals surface area (Å²) in [6.07, 6.45) is 3.38. The Balaban J connectivity index is 1.33. The number of ether oxygens (including phenoxy) is 2. The topological polar surface area (TPSA) is 94.1 Å². The predicted molar refractivity (Wildman–Crippen MR) is 114 cm³/mol. The molecule has 0 saturated carbocycles. The highest BCUT2D eigenvalue weighted by atomic mass is 16.5. The third-order valence-electron chi connectivity index (χ3n) is 4.88. The Bertz CT molecular complexity index is 1150. The van der Waals surface area contributed by atoms with Crippen molar-refractivity contribution >= 4 is 22.8 Å². The Morgan fingerprint density at radius 1 is 1.03 bits per heavy atom. The van der Waals surface area contributed by atoms with Gasteiger partial charge < -0.3 is 14.0 Å². The number of rotatable bonds is 8. The zero-order valence-corrected chi connectivity index (χ0v) is 16.9. The molecule has 2 heterocycles. The fraction of sp³-hybridized carbons (Fsp3) is 0.227. The van der Waals surface area contributed by atoms with Gasteiger partial charge >= 0.3 is 0 Å². The van der Waals surface area contributed by atoms with E-state index in [4.69, 9.17) is 9.47 Å². The van der Waals surface area contributed by atoms with Gasteiger partial charge in [-0.25, -0.2) is 0 Å². The summed E-state index contributed by atoms with van der Waals surface area (Å²) in [6.45, 7) is 0.172. The van der Waals surface area contributed by atoms with Gasteiger partial charge in [-0.2, -0.15) is 4.98 Å². The molecule has 0 aliphatic carbocycles. The number of fused-ring (bicyclic) bond motifs is 1. The van der Waals surface area contributed by atoms with E-state index in [1.54, 1.807) is 14.2 Å². The van der Waals surface area contributed by atoms with Gasteiger partial charge in [0.1, 0.15) is 23.9 Å². The minimum absolute atomic E-state index is 0.172. The van der Waals surface area contributed by atoms with Crippen LogP contribution in [-0.4, -0.2) is 39.9 Å². The first-order valence-electron chi connectivity index (χ1n) is 9.61. The molecule has 154 valence electrons. The van der Waals surface area contributed by atoms with Crippen LogP contribution in [0.2, 0.25) is 0 Å². The molecule has 0 spiro atoms. The molecule has 2 N–H and O–H groups in total. The van der Waals surface area contributed by atoms with Crippen molar-refractivity contribution in [2.45, 2.75) is 19.4 Å². The lowest BCUT2D eigenvalue weighted by atomic mass is 10.1. The number of nitrogens with one attached hydrogen (secondary N) is 2. The number of amides is 1. The lowest BCUT2D eigenvalue weighted by Crippen LogP contribution is -2.19. The van der Waals surface area contributed by atoms with Gasteiger partial charge in [-0.3, -0.25) is 15.2 Å². The molecule has 0 fully saturated rings. The molecule has 0 atom stereocenters. The van der Waals surface area contributed by atoms with Crippen molar-refractivity contribution < 1.29 is 14.3 Å². The van der Waals surface area contributed by atoms with Crippen molar-refractivity contribution in [1.29, 1.82) is 0 Å². The zero-order valence-electron chi connectivity index (χ0n) is 16.9. The Kier molecular flexibility index (Phi) is 5.65. The van der Waals surface area contributed by atoms with E-state index in [9.17, 15) is 4.79 Å². The molecule has 0 unspecified atom stereocenters. The number of aromatic nitrogens is 4. The predicted octanol–water partition coefficient (Wildman–Crippen LogP) is 3.20. The van der Waals surface area contributed by atoms with E-state index in [0.29, 0.717) is 6.42 Å². The molecule has 2 aromatic carbocycles. The number of carbonyl (C=O) groups is 1. The van der Waals surface area contributed by atoms with Gasteiger partial charge in [0, 0.05) is 23.5 Å². The smallest absolute Gasteiger partial charge is 0.248 e. The van der Waals surface area contributed by atoms with Gasteiger partial charge in [0.05, 0.1) is 14.2 Å². The highest BCUT2D eigenvalue weighted by molar-refractivity contribution is 5.90. The maximum atomic E-state index is 12.4. The second-order valence-electron chi connectivity index (χ2n) is 6.87. The molecule has 30 heavy (non-hydrogen) atoms. The molecule has 2 aromatic heterocycles.